The van der Waals surface area contributed by atoms with Gasteiger partial charge in [-0.15, -0.1) is 22.9 Å². The minimum atomic E-state index is 0.0201. The highest BCUT2D eigenvalue weighted by atomic mass is 35.5. The Hall–Kier alpha value is -0.0500. The fraction of sp³-hybridized carbons (Fsp3) is 0.333. The molecule has 2 N–H and O–H groups in total. The van der Waals surface area contributed by atoms with E-state index in [-0.39, 0.29) is 6.04 Å². The van der Waals surface area contributed by atoms with Crippen LogP contribution < -0.4 is 5.73 Å². The molecule has 3 heteroatoms. The molecule has 0 aromatic carbocycles. The van der Waals surface area contributed by atoms with Crippen LogP contribution in [0.1, 0.15) is 10.9 Å². The molecule has 0 spiro atoms. The summed E-state index contributed by atoms with van der Waals surface area (Å²) in [7, 11) is 0. The molecule has 0 aliphatic heterocycles. The molecular formula is C6H8ClNS. The lowest BCUT2D eigenvalue weighted by Crippen LogP contribution is -2.09. The molecule has 1 rings (SSSR count). The van der Waals surface area contributed by atoms with Crippen LogP contribution in [0.25, 0.3) is 0 Å². The fourth-order valence-electron chi connectivity index (χ4n) is 0.578. The zero-order valence-corrected chi connectivity index (χ0v) is 6.45. The SMILES string of the molecule is N[C@H](CCl)c1cccs1. The Labute approximate surface area is 63.4 Å². The first-order valence-corrected chi connectivity index (χ1v) is 4.11. The van der Waals surface area contributed by atoms with E-state index in [1.54, 1.807) is 11.3 Å². The van der Waals surface area contributed by atoms with Crippen LogP contribution in [0, 0.1) is 0 Å². The van der Waals surface area contributed by atoms with E-state index in [9.17, 15) is 0 Å². The first-order chi connectivity index (χ1) is 4.34. The predicted molar refractivity (Wildman–Crippen MR) is 42.0 cm³/mol. The van der Waals surface area contributed by atoms with E-state index in [2.05, 4.69) is 0 Å². The van der Waals surface area contributed by atoms with Gasteiger partial charge in [0.2, 0.25) is 0 Å². The largest absolute Gasteiger partial charge is 0.322 e. The summed E-state index contributed by atoms with van der Waals surface area (Å²) in [6, 6.07) is 4.00. The quantitative estimate of drug-likeness (QED) is 0.660. The van der Waals surface area contributed by atoms with Crippen molar-refractivity contribution in [3.05, 3.63) is 22.4 Å². The summed E-state index contributed by atoms with van der Waals surface area (Å²) in [6.07, 6.45) is 0. The van der Waals surface area contributed by atoms with Gasteiger partial charge in [-0.3, -0.25) is 0 Å². The van der Waals surface area contributed by atoms with E-state index in [1.807, 2.05) is 17.5 Å². The lowest BCUT2D eigenvalue weighted by molar-refractivity contribution is 0.847. The molecule has 0 aliphatic carbocycles. The molecule has 9 heavy (non-hydrogen) atoms. The van der Waals surface area contributed by atoms with Crippen molar-refractivity contribution in [2.45, 2.75) is 6.04 Å². The maximum absolute atomic E-state index is 5.62. The standard InChI is InChI=1S/C6H8ClNS/c7-4-5(8)6-2-1-3-9-6/h1-3,5H,4,8H2/t5-/m1/s1. The Morgan fingerprint density at radius 1 is 1.78 bits per heavy atom. The average Bonchev–Trinajstić information content (AvgIpc) is 2.37. The second-order valence-electron chi connectivity index (χ2n) is 1.78. The monoisotopic (exact) mass is 161 g/mol. The van der Waals surface area contributed by atoms with Crippen molar-refractivity contribution in [2.24, 2.45) is 5.73 Å². The first-order valence-electron chi connectivity index (χ1n) is 2.69. The van der Waals surface area contributed by atoms with Gasteiger partial charge in [-0.2, -0.15) is 0 Å². The van der Waals surface area contributed by atoms with Gasteiger partial charge in [-0.1, -0.05) is 6.07 Å². The summed E-state index contributed by atoms with van der Waals surface area (Å²) in [5, 5.41) is 2.00. The molecule has 0 unspecified atom stereocenters. The smallest absolute Gasteiger partial charge is 0.0527 e. The molecule has 0 saturated carbocycles. The van der Waals surface area contributed by atoms with Crippen molar-refractivity contribution in [3.63, 3.8) is 0 Å². The van der Waals surface area contributed by atoms with Gasteiger partial charge in [0.1, 0.15) is 0 Å². The number of rotatable bonds is 2. The second kappa shape index (κ2) is 3.20. The van der Waals surface area contributed by atoms with Crippen LogP contribution in [-0.4, -0.2) is 5.88 Å². The molecule has 50 valence electrons. The summed E-state index contributed by atoms with van der Waals surface area (Å²) in [5.74, 6) is 0.501. The van der Waals surface area contributed by atoms with Crippen molar-refractivity contribution >= 4 is 22.9 Å². The molecule has 0 radical (unpaired) electrons. The highest BCUT2D eigenvalue weighted by molar-refractivity contribution is 7.10. The summed E-state index contributed by atoms with van der Waals surface area (Å²) in [4.78, 5) is 1.16. The van der Waals surface area contributed by atoms with Crippen LogP contribution in [0.3, 0.4) is 0 Å². The van der Waals surface area contributed by atoms with Crippen molar-refractivity contribution in [2.75, 3.05) is 5.88 Å². The van der Waals surface area contributed by atoms with Crippen LogP contribution in [0.2, 0.25) is 0 Å². The third-order valence-corrected chi connectivity index (χ3v) is 2.41. The van der Waals surface area contributed by atoms with Crippen molar-refractivity contribution in [1.29, 1.82) is 0 Å². The molecule has 0 amide bonds. The molecule has 0 aliphatic rings. The Kier molecular flexibility index (Phi) is 2.51. The predicted octanol–water partition coefficient (Wildman–Crippen LogP) is 1.99. The molecule has 0 fully saturated rings. The molecule has 1 heterocycles. The maximum Gasteiger partial charge on any atom is 0.0527 e. The van der Waals surface area contributed by atoms with Crippen LogP contribution in [0.5, 0.6) is 0 Å². The van der Waals surface area contributed by atoms with E-state index in [0.717, 1.165) is 4.88 Å². The number of alkyl halides is 1. The van der Waals surface area contributed by atoms with E-state index in [0.29, 0.717) is 5.88 Å². The molecule has 1 nitrogen and oxygen atoms in total. The summed E-state index contributed by atoms with van der Waals surface area (Å²) >= 11 is 7.17. The fourth-order valence-corrected chi connectivity index (χ4v) is 1.57. The number of hydrogen-bond acceptors (Lipinski definition) is 2. The van der Waals surface area contributed by atoms with Gasteiger partial charge < -0.3 is 5.73 Å². The number of hydrogen-bond donors (Lipinski definition) is 1. The summed E-state index contributed by atoms with van der Waals surface area (Å²) < 4.78 is 0. The van der Waals surface area contributed by atoms with Gasteiger partial charge in [0, 0.05) is 10.8 Å². The van der Waals surface area contributed by atoms with Gasteiger partial charge in [0.15, 0.2) is 0 Å². The highest BCUT2D eigenvalue weighted by Crippen LogP contribution is 2.16. The molecule has 1 atom stereocenters. The number of halogens is 1. The van der Waals surface area contributed by atoms with Crippen LogP contribution in [0.15, 0.2) is 17.5 Å². The van der Waals surface area contributed by atoms with Crippen LogP contribution in [0.4, 0.5) is 0 Å². The molecular weight excluding hydrogens is 154 g/mol. The number of nitrogens with two attached hydrogens (primary N) is 1. The lowest BCUT2D eigenvalue weighted by atomic mass is 10.3. The average molecular weight is 162 g/mol. The van der Waals surface area contributed by atoms with E-state index in [4.69, 9.17) is 17.3 Å². The van der Waals surface area contributed by atoms with Gasteiger partial charge in [0.05, 0.1) is 6.04 Å². The Morgan fingerprint density at radius 3 is 3.00 bits per heavy atom. The Bertz CT molecular complexity index is 162. The Morgan fingerprint density at radius 2 is 2.56 bits per heavy atom. The van der Waals surface area contributed by atoms with E-state index in [1.165, 1.54) is 0 Å². The highest BCUT2D eigenvalue weighted by Gasteiger charge is 2.02. The second-order valence-corrected chi connectivity index (χ2v) is 3.06. The van der Waals surface area contributed by atoms with Gasteiger partial charge >= 0.3 is 0 Å². The molecule has 0 saturated heterocycles. The minimum Gasteiger partial charge on any atom is -0.322 e. The Balaban J connectivity index is 2.65. The zero-order valence-electron chi connectivity index (χ0n) is 4.88. The van der Waals surface area contributed by atoms with Crippen LogP contribution >= 0.6 is 22.9 Å². The minimum absolute atomic E-state index is 0.0201. The first kappa shape index (κ1) is 7.06. The lowest BCUT2D eigenvalue weighted by Gasteiger charge is -2.01. The maximum atomic E-state index is 5.62. The number of thiophene rings is 1. The van der Waals surface area contributed by atoms with Crippen molar-refractivity contribution in [3.8, 4) is 0 Å². The van der Waals surface area contributed by atoms with Gasteiger partial charge in [0.25, 0.3) is 0 Å². The molecule has 1 aromatic heterocycles. The third kappa shape index (κ3) is 1.68. The van der Waals surface area contributed by atoms with Gasteiger partial charge in [-0.05, 0) is 11.4 Å². The van der Waals surface area contributed by atoms with Crippen LogP contribution in [-0.2, 0) is 0 Å². The van der Waals surface area contributed by atoms with Crippen molar-refractivity contribution < 1.29 is 0 Å². The summed E-state index contributed by atoms with van der Waals surface area (Å²) in [5.41, 5.74) is 5.62. The third-order valence-electron chi connectivity index (χ3n) is 1.07. The summed E-state index contributed by atoms with van der Waals surface area (Å²) in [6.45, 7) is 0. The molecule has 0 bridgehead atoms. The van der Waals surface area contributed by atoms with E-state index < -0.39 is 0 Å². The van der Waals surface area contributed by atoms with Crippen molar-refractivity contribution in [1.82, 2.24) is 0 Å². The normalized spacial score (nSPS) is 13.6. The molecule has 1 aromatic rings. The van der Waals surface area contributed by atoms with Gasteiger partial charge in [-0.25, -0.2) is 0 Å². The van der Waals surface area contributed by atoms with E-state index >= 15 is 0 Å². The zero-order chi connectivity index (χ0) is 6.69. The topological polar surface area (TPSA) is 26.0 Å².